The number of carbonyl (C=O) groups excluding carboxylic acids is 1. The lowest BCUT2D eigenvalue weighted by Crippen LogP contribution is -2.41. The van der Waals surface area contributed by atoms with Crippen LogP contribution in [0.4, 0.5) is 0 Å². The summed E-state index contributed by atoms with van der Waals surface area (Å²) in [5.41, 5.74) is 4.51. The molecule has 1 saturated heterocycles. The highest BCUT2D eigenvalue weighted by molar-refractivity contribution is 5.76. The molecule has 5 nitrogen and oxygen atoms in total. The van der Waals surface area contributed by atoms with Crippen LogP contribution in [0.1, 0.15) is 44.6 Å². The first-order valence-corrected chi connectivity index (χ1v) is 10.6. The summed E-state index contributed by atoms with van der Waals surface area (Å²) >= 11 is 0. The van der Waals surface area contributed by atoms with Gasteiger partial charge in [0.2, 0.25) is 5.91 Å². The molecule has 0 aliphatic carbocycles. The Morgan fingerprint density at radius 2 is 1.90 bits per heavy atom. The van der Waals surface area contributed by atoms with E-state index < -0.39 is 0 Å². The van der Waals surface area contributed by atoms with E-state index in [2.05, 4.69) is 37.0 Å². The molecule has 3 aromatic rings. The molecule has 1 aliphatic heterocycles. The SMILES string of the molecule is CCCCC(=O)N1CCC(Oc2ccc(-c3ccn4ccnc4c3C)cc2)CC1. The molecule has 0 N–H and O–H groups in total. The Labute approximate surface area is 172 Å². The van der Waals surface area contributed by atoms with Crippen LogP contribution >= 0.6 is 0 Å². The maximum Gasteiger partial charge on any atom is 0.222 e. The number of rotatable bonds is 6. The molecule has 2 aromatic heterocycles. The number of likely N-dealkylation sites (tertiary alicyclic amines) is 1. The summed E-state index contributed by atoms with van der Waals surface area (Å²) in [7, 11) is 0. The summed E-state index contributed by atoms with van der Waals surface area (Å²) in [4.78, 5) is 18.6. The van der Waals surface area contributed by atoms with Crippen molar-refractivity contribution in [2.75, 3.05) is 13.1 Å². The first-order chi connectivity index (χ1) is 14.2. The summed E-state index contributed by atoms with van der Waals surface area (Å²) in [5.74, 6) is 1.18. The third kappa shape index (κ3) is 4.29. The monoisotopic (exact) mass is 391 g/mol. The van der Waals surface area contributed by atoms with Gasteiger partial charge >= 0.3 is 0 Å². The highest BCUT2D eigenvalue weighted by Gasteiger charge is 2.23. The molecular formula is C24H29N3O2. The number of carbonyl (C=O) groups is 1. The number of aromatic nitrogens is 2. The quantitative estimate of drug-likeness (QED) is 0.602. The molecule has 0 saturated carbocycles. The van der Waals surface area contributed by atoms with Gasteiger partial charge in [-0.25, -0.2) is 4.98 Å². The minimum atomic E-state index is 0.180. The van der Waals surface area contributed by atoms with E-state index in [1.165, 1.54) is 11.1 Å². The summed E-state index contributed by atoms with van der Waals surface area (Å²) in [6.45, 7) is 5.83. The molecule has 1 aromatic carbocycles. The average Bonchev–Trinajstić information content (AvgIpc) is 3.23. The van der Waals surface area contributed by atoms with Gasteiger partial charge in [0.15, 0.2) is 0 Å². The Hall–Kier alpha value is -2.82. The van der Waals surface area contributed by atoms with Crippen LogP contribution in [-0.2, 0) is 4.79 Å². The van der Waals surface area contributed by atoms with Gasteiger partial charge in [-0.2, -0.15) is 0 Å². The van der Waals surface area contributed by atoms with Crippen LogP contribution in [0.25, 0.3) is 16.8 Å². The van der Waals surface area contributed by atoms with Crippen LogP contribution in [0.5, 0.6) is 5.75 Å². The van der Waals surface area contributed by atoms with Crippen molar-refractivity contribution in [1.29, 1.82) is 0 Å². The number of pyridine rings is 1. The molecule has 1 fully saturated rings. The molecule has 4 rings (SSSR count). The number of ether oxygens (including phenoxy) is 1. The number of imidazole rings is 1. The molecule has 0 atom stereocenters. The number of amides is 1. The summed E-state index contributed by atoms with van der Waals surface area (Å²) in [5, 5.41) is 0. The van der Waals surface area contributed by atoms with E-state index in [9.17, 15) is 4.79 Å². The summed E-state index contributed by atoms with van der Waals surface area (Å²) < 4.78 is 8.23. The Kier molecular flexibility index (Phi) is 5.84. The molecule has 29 heavy (non-hydrogen) atoms. The second-order valence-corrected chi connectivity index (χ2v) is 7.84. The van der Waals surface area contributed by atoms with Crippen molar-refractivity contribution in [1.82, 2.24) is 14.3 Å². The minimum Gasteiger partial charge on any atom is -0.490 e. The standard InChI is InChI=1S/C24H29N3O2/c1-3-4-5-23(28)26-14-10-21(11-15-26)29-20-8-6-19(7-9-20)22-12-16-27-17-13-25-24(27)18(22)2/h6-9,12-13,16-17,21H,3-5,10-11,14-15H2,1-2H3. The predicted octanol–water partition coefficient (Wildman–Crippen LogP) is 4.87. The topological polar surface area (TPSA) is 46.8 Å². The van der Waals surface area contributed by atoms with Crippen LogP contribution in [0.15, 0.2) is 48.9 Å². The number of nitrogens with zero attached hydrogens (tertiary/aromatic N) is 3. The van der Waals surface area contributed by atoms with E-state index in [0.29, 0.717) is 12.3 Å². The van der Waals surface area contributed by atoms with Crippen LogP contribution < -0.4 is 4.74 Å². The maximum atomic E-state index is 12.2. The van der Waals surface area contributed by atoms with E-state index in [1.807, 2.05) is 40.0 Å². The van der Waals surface area contributed by atoms with Gasteiger partial charge in [0.05, 0.1) is 0 Å². The Morgan fingerprint density at radius 3 is 2.62 bits per heavy atom. The van der Waals surface area contributed by atoms with Gasteiger partial charge in [0.1, 0.15) is 17.5 Å². The fourth-order valence-electron chi connectivity index (χ4n) is 4.05. The van der Waals surface area contributed by atoms with Crippen LogP contribution in [-0.4, -0.2) is 39.4 Å². The number of aryl methyl sites for hydroxylation is 1. The van der Waals surface area contributed by atoms with Crippen molar-refractivity contribution in [3.05, 3.63) is 54.5 Å². The van der Waals surface area contributed by atoms with Crippen LogP contribution in [0, 0.1) is 6.92 Å². The number of hydrogen-bond acceptors (Lipinski definition) is 3. The molecule has 0 spiro atoms. The van der Waals surface area contributed by atoms with E-state index in [-0.39, 0.29) is 6.10 Å². The molecule has 3 heterocycles. The first kappa shape index (κ1) is 19.5. The molecule has 0 bridgehead atoms. The lowest BCUT2D eigenvalue weighted by atomic mass is 10.0. The van der Waals surface area contributed by atoms with Crippen molar-refractivity contribution in [2.45, 2.75) is 52.1 Å². The van der Waals surface area contributed by atoms with Gasteiger partial charge < -0.3 is 14.0 Å². The molecule has 1 aliphatic rings. The molecular weight excluding hydrogens is 362 g/mol. The van der Waals surface area contributed by atoms with Crippen molar-refractivity contribution in [3.8, 4) is 16.9 Å². The van der Waals surface area contributed by atoms with Crippen molar-refractivity contribution in [2.24, 2.45) is 0 Å². The fourth-order valence-corrected chi connectivity index (χ4v) is 4.05. The van der Waals surface area contributed by atoms with Gasteiger partial charge in [0, 0.05) is 56.5 Å². The van der Waals surface area contributed by atoms with E-state index in [0.717, 1.165) is 55.7 Å². The lowest BCUT2D eigenvalue weighted by Gasteiger charge is -2.32. The zero-order chi connectivity index (χ0) is 20.2. The number of hydrogen-bond donors (Lipinski definition) is 0. The Bertz CT molecular complexity index is 969. The zero-order valence-electron chi connectivity index (χ0n) is 17.3. The third-order valence-corrected chi connectivity index (χ3v) is 5.82. The summed E-state index contributed by atoms with van der Waals surface area (Å²) in [6, 6.07) is 10.4. The molecule has 0 radical (unpaired) electrons. The first-order valence-electron chi connectivity index (χ1n) is 10.6. The normalized spacial score (nSPS) is 15.0. The lowest BCUT2D eigenvalue weighted by molar-refractivity contribution is -0.133. The van der Waals surface area contributed by atoms with Gasteiger partial charge in [-0.05, 0) is 42.7 Å². The van der Waals surface area contributed by atoms with Crippen LogP contribution in [0.3, 0.4) is 0 Å². The number of unbranched alkanes of at least 4 members (excludes halogenated alkanes) is 1. The van der Waals surface area contributed by atoms with E-state index in [4.69, 9.17) is 4.74 Å². The number of benzene rings is 1. The Morgan fingerprint density at radius 1 is 1.14 bits per heavy atom. The minimum absolute atomic E-state index is 0.180. The molecule has 5 heteroatoms. The molecule has 152 valence electrons. The number of fused-ring (bicyclic) bond motifs is 1. The molecule has 1 amide bonds. The van der Waals surface area contributed by atoms with Crippen molar-refractivity contribution in [3.63, 3.8) is 0 Å². The van der Waals surface area contributed by atoms with Gasteiger partial charge in [-0.1, -0.05) is 25.5 Å². The third-order valence-electron chi connectivity index (χ3n) is 5.82. The van der Waals surface area contributed by atoms with Crippen LogP contribution in [0.2, 0.25) is 0 Å². The number of piperidine rings is 1. The van der Waals surface area contributed by atoms with Crippen molar-refractivity contribution < 1.29 is 9.53 Å². The molecule has 0 unspecified atom stereocenters. The largest absolute Gasteiger partial charge is 0.490 e. The highest BCUT2D eigenvalue weighted by Crippen LogP contribution is 2.28. The zero-order valence-corrected chi connectivity index (χ0v) is 17.3. The second kappa shape index (κ2) is 8.68. The average molecular weight is 392 g/mol. The maximum absolute atomic E-state index is 12.2. The van der Waals surface area contributed by atoms with Gasteiger partial charge in [0.25, 0.3) is 0 Å². The van der Waals surface area contributed by atoms with Gasteiger partial charge in [-0.3, -0.25) is 4.79 Å². The Balaban J connectivity index is 1.36. The predicted molar refractivity (Wildman–Crippen MR) is 115 cm³/mol. The smallest absolute Gasteiger partial charge is 0.222 e. The van der Waals surface area contributed by atoms with Crippen molar-refractivity contribution >= 4 is 11.6 Å². The second-order valence-electron chi connectivity index (χ2n) is 7.84. The van der Waals surface area contributed by atoms with E-state index >= 15 is 0 Å². The summed E-state index contributed by atoms with van der Waals surface area (Å²) in [6.07, 6.45) is 10.5. The fraction of sp³-hybridized carbons (Fsp3) is 0.417. The van der Waals surface area contributed by atoms with Gasteiger partial charge in [-0.15, -0.1) is 0 Å². The highest BCUT2D eigenvalue weighted by atomic mass is 16.5. The van der Waals surface area contributed by atoms with E-state index in [1.54, 1.807) is 0 Å².